The third kappa shape index (κ3) is 5.28. The summed E-state index contributed by atoms with van der Waals surface area (Å²) in [4.78, 5) is 37.5. The van der Waals surface area contributed by atoms with E-state index in [9.17, 15) is 14.4 Å². The molecule has 7 heteroatoms. The van der Waals surface area contributed by atoms with Crippen LogP contribution >= 0.6 is 22.6 Å². The first-order chi connectivity index (χ1) is 11.9. The van der Waals surface area contributed by atoms with Gasteiger partial charge in [0.1, 0.15) is 0 Å². The highest BCUT2D eigenvalue weighted by molar-refractivity contribution is 14.1. The summed E-state index contributed by atoms with van der Waals surface area (Å²) in [5.41, 5.74) is 1.50. The summed E-state index contributed by atoms with van der Waals surface area (Å²) >= 11 is 2.07. The van der Waals surface area contributed by atoms with Crippen LogP contribution in [-0.2, 0) is 4.79 Å². The van der Waals surface area contributed by atoms with Gasteiger partial charge >= 0.3 is 0 Å². The van der Waals surface area contributed by atoms with Gasteiger partial charge in [0.2, 0.25) is 5.91 Å². The number of nitrogens with zero attached hydrogens (tertiary/aromatic N) is 1. The van der Waals surface area contributed by atoms with Crippen molar-refractivity contribution >= 4 is 46.0 Å². The Labute approximate surface area is 159 Å². The van der Waals surface area contributed by atoms with E-state index in [4.69, 9.17) is 0 Å². The normalized spacial score (nSPS) is 10.0. The van der Waals surface area contributed by atoms with Crippen molar-refractivity contribution in [1.29, 1.82) is 0 Å². The molecule has 130 valence electrons. The molecule has 2 aromatic rings. The molecule has 0 aromatic heterocycles. The molecule has 0 heterocycles. The van der Waals surface area contributed by atoms with Crippen LogP contribution < -0.4 is 10.6 Å². The predicted molar refractivity (Wildman–Crippen MR) is 105 cm³/mol. The van der Waals surface area contributed by atoms with Crippen molar-refractivity contribution in [3.05, 3.63) is 63.2 Å². The molecule has 0 fully saturated rings. The Morgan fingerprint density at radius 2 is 1.76 bits per heavy atom. The number of anilines is 1. The fourth-order valence-corrected chi connectivity index (χ4v) is 2.73. The van der Waals surface area contributed by atoms with E-state index in [1.165, 1.54) is 4.90 Å². The summed E-state index contributed by atoms with van der Waals surface area (Å²) in [6.45, 7) is -0.157. The summed E-state index contributed by atoms with van der Waals surface area (Å²) in [6.07, 6.45) is 0. The van der Waals surface area contributed by atoms with Crippen molar-refractivity contribution < 1.29 is 14.4 Å². The molecule has 25 heavy (non-hydrogen) atoms. The fraction of sp³-hybridized carbons (Fsp3) is 0.167. The average Bonchev–Trinajstić information content (AvgIpc) is 2.59. The van der Waals surface area contributed by atoms with Gasteiger partial charge in [0, 0.05) is 28.9 Å². The van der Waals surface area contributed by atoms with Crippen molar-refractivity contribution in [1.82, 2.24) is 10.2 Å². The number of amides is 3. The predicted octanol–water partition coefficient (Wildman–Crippen LogP) is 2.36. The number of rotatable bonds is 5. The molecule has 0 spiro atoms. The number of halogens is 1. The molecule has 2 aromatic carbocycles. The maximum absolute atomic E-state index is 12.1. The monoisotopic (exact) mass is 451 g/mol. The number of hydrogen-bond acceptors (Lipinski definition) is 3. The molecule has 0 aliphatic heterocycles. The van der Waals surface area contributed by atoms with Crippen LogP contribution in [0.5, 0.6) is 0 Å². The van der Waals surface area contributed by atoms with Crippen LogP contribution in [0, 0.1) is 3.57 Å². The van der Waals surface area contributed by atoms with E-state index in [-0.39, 0.29) is 24.3 Å². The zero-order chi connectivity index (χ0) is 18.4. The lowest BCUT2D eigenvalue weighted by Gasteiger charge is -2.12. The first kappa shape index (κ1) is 18.9. The Hall–Kier alpha value is -2.42. The zero-order valence-electron chi connectivity index (χ0n) is 13.9. The summed E-state index contributed by atoms with van der Waals surface area (Å²) < 4.78 is 0.813. The lowest BCUT2D eigenvalue weighted by Crippen LogP contribution is -2.33. The lowest BCUT2D eigenvalue weighted by molar-refractivity contribution is -0.115. The first-order valence-corrected chi connectivity index (χ1v) is 8.60. The van der Waals surface area contributed by atoms with Gasteiger partial charge in [-0.25, -0.2) is 0 Å². The highest BCUT2D eigenvalue weighted by atomic mass is 127. The van der Waals surface area contributed by atoms with Crippen LogP contribution in [0.1, 0.15) is 20.7 Å². The summed E-state index contributed by atoms with van der Waals surface area (Å²) in [5.74, 6) is -0.825. The maximum Gasteiger partial charge on any atom is 0.253 e. The minimum atomic E-state index is -0.367. The number of hydrogen-bond donors (Lipinski definition) is 2. The Morgan fingerprint density at radius 1 is 1.04 bits per heavy atom. The van der Waals surface area contributed by atoms with E-state index in [0.717, 1.165) is 3.57 Å². The highest BCUT2D eigenvalue weighted by Crippen LogP contribution is 2.12. The van der Waals surface area contributed by atoms with E-state index in [0.29, 0.717) is 16.8 Å². The number of carbonyl (C=O) groups is 3. The number of carbonyl (C=O) groups excluding carboxylic acids is 3. The third-order valence-corrected chi connectivity index (χ3v) is 4.27. The molecular weight excluding hydrogens is 433 g/mol. The third-order valence-electron chi connectivity index (χ3n) is 3.33. The molecule has 2 N–H and O–H groups in total. The van der Waals surface area contributed by atoms with Crippen LogP contribution in [0.4, 0.5) is 5.69 Å². The molecule has 0 radical (unpaired) electrons. The molecule has 0 bridgehead atoms. The van der Waals surface area contributed by atoms with Crippen LogP contribution in [0.25, 0.3) is 0 Å². The molecule has 2 rings (SSSR count). The van der Waals surface area contributed by atoms with E-state index >= 15 is 0 Å². The molecule has 0 aliphatic carbocycles. The van der Waals surface area contributed by atoms with Gasteiger partial charge in [-0.1, -0.05) is 18.2 Å². The standard InChI is InChI=1S/C18H18IN3O3/c1-22(2)18(25)12-6-5-7-13(10-12)21-16(23)11-20-17(24)14-8-3-4-9-15(14)19/h3-10H,11H2,1-2H3,(H,20,24)(H,21,23). The van der Waals surface area contributed by atoms with E-state index in [1.54, 1.807) is 50.5 Å². The van der Waals surface area contributed by atoms with Crippen molar-refractivity contribution in [3.63, 3.8) is 0 Å². The van der Waals surface area contributed by atoms with Gasteiger partial charge in [-0.3, -0.25) is 14.4 Å². The summed E-state index contributed by atoms with van der Waals surface area (Å²) in [7, 11) is 3.32. The highest BCUT2D eigenvalue weighted by Gasteiger charge is 2.12. The van der Waals surface area contributed by atoms with Crippen molar-refractivity contribution in [2.24, 2.45) is 0 Å². The summed E-state index contributed by atoms with van der Waals surface area (Å²) in [6, 6.07) is 13.8. The molecule has 0 saturated carbocycles. The molecule has 0 atom stereocenters. The van der Waals surface area contributed by atoms with Crippen LogP contribution in [0.3, 0.4) is 0 Å². The molecule has 0 unspecified atom stereocenters. The first-order valence-electron chi connectivity index (χ1n) is 7.53. The van der Waals surface area contributed by atoms with Crippen molar-refractivity contribution in [3.8, 4) is 0 Å². The lowest BCUT2D eigenvalue weighted by atomic mass is 10.2. The smallest absolute Gasteiger partial charge is 0.253 e. The molecule has 3 amide bonds. The Morgan fingerprint density at radius 3 is 2.44 bits per heavy atom. The second kappa shape index (κ2) is 8.61. The van der Waals surface area contributed by atoms with Gasteiger partial charge in [0.25, 0.3) is 11.8 Å². The molecule has 6 nitrogen and oxygen atoms in total. The summed E-state index contributed by atoms with van der Waals surface area (Å²) in [5, 5.41) is 5.26. The van der Waals surface area contributed by atoms with E-state index in [2.05, 4.69) is 33.2 Å². The molecule has 0 aliphatic rings. The second-order valence-corrected chi connectivity index (χ2v) is 6.65. The minimum Gasteiger partial charge on any atom is -0.345 e. The average molecular weight is 451 g/mol. The van der Waals surface area contributed by atoms with E-state index < -0.39 is 0 Å². The van der Waals surface area contributed by atoms with Gasteiger partial charge < -0.3 is 15.5 Å². The fourth-order valence-electron chi connectivity index (χ4n) is 2.09. The van der Waals surface area contributed by atoms with Gasteiger partial charge in [0.15, 0.2) is 0 Å². The largest absolute Gasteiger partial charge is 0.345 e. The van der Waals surface area contributed by atoms with Crippen molar-refractivity contribution in [2.75, 3.05) is 26.0 Å². The van der Waals surface area contributed by atoms with E-state index in [1.807, 2.05) is 12.1 Å². The topological polar surface area (TPSA) is 78.5 Å². The number of benzene rings is 2. The second-order valence-electron chi connectivity index (χ2n) is 5.49. The van der Waals surface area contributed by atoms with Crippen molar-refractivity contribution in [2.45, 2.75) is 0 Å². The minimum absolute atomic E-state index is 0.150. The van der Waals surface area contributed by atoms with Crippen LogP contribution in [-0.4, -0.2) is 43.3 Å². The maximum atomic E-state index is 12.1. The number of nitrogens with one attached hydrogen (secondary N) is 2. The SMILES string of the molecule is CN(C)C(=O)c1cccc(NC(=O)CNC(=O)c2ccccc2I)c1. The van der Waals surface area contributed by atoms with Crippen LogP contribution in [0.15, 0.2) is 48.5 Å². The van der Waals surface area contributed by atoms with Gasteiger partial charge in [-0.15, -0.1) is 0 Å². The van der Waals surface area contributed by atoms with Gasteiger partial charge in [-0.05, 0) is 52.9 Å². The van der Waals surface area contributed by atoms with Gasteiger partial charge in [0.05, 0.1) is 12.1 Å². The zero-order valence-corrected chi connectivity index (χ0v) is 16.0. The molecular formula is C18H18IN3O3. The molecule has 0 saturated heterocycles. The van der Waals surface area contributed by atoms with Crippen LogP contribution in [0.2, 0.25) is 0 Å². The Kier molecular flexibility index (Phi) is 6.51. The Bertz CT molecular complexity index is 806. The van der Waals surface area contributed by atoms with Gasteiger partial charge in [-0.2, -0.15) is 0 Å². The Balaban J connectivity index is 1.95. The quantitative estimate of drug-likeness (QED) is 0.686.